The molecule has 208 valence electrons. The predicted octanol–water partition coefficient (Wildman–Crippen LogP) is 3.18. The number of carbonyl (C=O) groups excluding carboxylic acids is 1. The Bertz CT molecular complexity index is 1200. The number of carboxylic acid groups (broad SMARTS) is 1. The second-order valence-corrected chi connectivity index (χ2v) is 10.8. The summed E-state index contributed by atoms with van der Waals surface area (Å²) in [5.41, 5.74) is 0.752. The van der Waals surface area contributed by atoms with E-state index in [1.807, 2.05) is 18.7 Å². The Morgan fingerprint density at radius 3 is 2.37 bits per heavy atom. The number of carbonyl (C=O) groups is 2. The molecule has 3 N–H and O–H groups in total. The second kappa shape index (κ2) is 13.3. The molecule has 12 nitrogen and oxygen atoms in total. The van der Waals surface area contributed by atoms with Crippen LogP contribution in [0.3, 0.4) is 0 Å². The number of hydrogen-bond acceptors (Lipinski definition) is 9. The van der Waals surface area contributed by atoms with E-state index >= 15 is 0 Å². The van der Waals surface area contributed by atoms with Crippen LogP contribution in [-0.4, -0.2) is 78.4 Å². The van der Waals surface area contributed by atoms with Crippen molar-refractivity contribution in [1.82, 2.24) is 14.9 Å². The molecule has 0 saturated carbocycles. The van der Waals surface area contributed by atoms with Crippen LogP contribution in [0, 0.1) is 0 Å². The molecule has 0 bridgehead atoms. The van der Waals surface area contributed by atoms with Gasteiger partial charge in [-0.05, 0) is 50.8 Å². The number of rotatable bonds is 13. The maximum Gasteiger partial charge on any atom is 0.415 e. The van der Waals surface area contributed by atoms with Crippen LogP contribution in [0.5, 0.6) is 5.75 Å². The van der Waals surface area contributed by atoms with Crippen molar-refractivity contribution in [2.45, 2.75) is 52.5 Å². The summed E-state index contributed by atoms with van der Waals surface area (Å²) in [6.07, 6.45) is 3.35. The van der Waals surface area contributed by atoms with Gasteiger partial charge in [0, 0.05) is 32.6 Å². The normalized spacial score (nSPS) is 14.1. The van der Waals surface area contributed by atoms with E-state index in [9.17, 15) is 23.1 Å². The first-order chi connectivity index (χ1) is 18.2. The molecule has 1 aliphatic rings. The van der Waals surface area contributed by atoms with E-state index in [1.165, 1.54) is 6.20 Å². The molecule has 38 heavy (non-hydrogen) atoms. The van der Waals surface area contributed by atoms with Gasteiger partial charge in [0.05, 0.1) is 11.9 Å². The van der Waals surface area contributed by atoms with E-state index in [4.69, 9.17) is 4.74 Å². The number of hydrogen-bond donors (Lipinski definition) is 3. The van der Waals surface area contributed by atoms with Crippen LogP contribution < -0.4 is 19.7 Å². The van der Waals surface area contributed by atoms with Crippen LogP contribution in [0.15, 0.2) is 30.5 Å². The Morgan fingerprint density at radius 1 is 1.13 bits per heavy atom. The third-order valence-electron chi connectivity index (χ3n) is 6.10. The molecule has 0 aliphatic carbocycles. The molecule has 2 heterocycles. The summed E-state index contributed by atoms with van der Waals surface area (Å²) in [6.45, 7) is 8.21. The first-order valence-corrected chi connectivity index (χ1v) is 14.5. The van der Waals surface area contributed by atoms with Crippen molar-refractivity contribution in [3.63, 3.8) is 0 Å². The monoisotopic (exact) mass is 548 g/mol. The number of amides is 1. The van der Waals surface area contributed by atoms with Crippen molar-refractivity contribution in [1.29, 1.82) is 0 Å². The molecule has 1 fully saturated rings. The van der Waals surface area contributed by atoms with E-state index in [0.29, 0.717) is 49.9 Å². The molecule has 0 unspecified atom stereocenters. The molecule has 1 amide bonds. The van der Waals surface area contributed by atoms with E-state index in [2.05, 4.69) is 20.0 Å². The van der Waals surface area contributed by atoms with E-state index in [-0.39, 0.29) is 23.7 Å². The van der Waals surface area contributed by atoms with Gasteiger partial charge < -0.3 is 25.0 Å². The number of nitrogens with zero attached hydrogens (tertiary/aromatic N) is 4. The Morgan fingerprint density at radius 2 is 1.79 bits per heavy atom. The molecule has 1 aromatic carbocycles. The molecule has 2 aromatic rings. The number of sulfonamides is 1. The van der Waals surface area contributed by atoms with Gasteiger partial charge in [-0.3, -0.25) is 4.72 Å². The van der Waals surface area contributed by atoms with Gasteiger partial charge in [0.2, 0.25) is 16.0 Å². The average Bonchev–Trinajstić information content (AvgIpc) is 3.42. The SMILES string of the molecule is CCCS(=O)(=O)Nc1cnc(N(CC)CC)nc1N[C@@H](Cc1ccc(OC(=O)N2CCCC2)cc1)C(=O)O. The van der Waals surface area contributed by atoms with Crippen molar-refractivity contribution in [2.24, 2.45) is 0 Å². The molecular weight excluding hydrogens is 512 g/mol. The highest BCUT2D eigenvalue weighted by Crippen LogP contribution is 2.25. The zero-order valence-corrected chi connectivity index (χ0v) is 22.8. The van der Waals surface area contributed by atoms with Gasteiger partial charge in [-0.2, -0.15) is 4.98 Å². The van der Waals surface area contributed by atoms with Crippen LogP contribution >= 0.6 is 0 Å². The molecule has 3 rings (SSSR count). The van der Waals surface area contributed by atoms with Crippen LogP contribution in [0.4, 0.5) is 22.2 Å². The fraction of sp³-hybridized carbons (Fsp3) is 0.520. The van der Waals surface area contributed by atoms with E-state index in [0.717, 1.165) is 12.8 Å². The van der Waals surface area contributed by atoms with Crippen molar-refractivity contribution in [2.75, 3.05) is 46.9 Å². The fourth-order valence-electron chi connectivity index (χ4n) is 4.06. The first-order valence-electron chi connectivity index (χ1n) is 12.8. The smallest absolute Gasteiger partial charge is 0.415 e. The van der Waals surface area contributed by atoms with Gasteiger partial charge in [0.25, 0.3) is 0 Å². The zero-order valence-electron chi connectivity index (χ0n) is 22.0. The standard InChI is InChI=1S/C25H36N6O6S/c1-4-15-38(35,36)29-21-17-26-24(30(5-2)6-3)28-22(21)27-20(23(32)33)16-18-9-11-19(12-10-18)37-25(34)31-13-7-8-14-31/h9-12,17,20,29H,4-8,13-16H2,1-3H3,(H,32,33)(H,26,27,28)/t20-/m0/s1. The lowest BCUT2D eigenvalue weighted by Crippen LogP contribution is -2.33. The number of nitrogens with one attached hydrogen (secondary N) is 2. The molecule has 13 heteroatoms. The third kappa shape index (κ3) is 7.94. The van der Waals surface area contributed by atoms with E-state index in [1.54, 1.807) is 36.1 Å². The zero-order chi connectivity index (χ0) is 27.7. The summed E-state index contributed by atoms with van der Waals surface area (Å²) < 4.78 is 32.7. The van der Waals surface area contributed by atoms with Gasteiger partial charge in [0.15, 0.2) is 5.82 Å². The van der Waals surface area contributed by atoms with Crippen LogP contribution in [0.2, 0.25) is 0 Å². The minimum atomic E-state index is -3.66. The number of benzene rings is 1. The minimum absolute atomic E-state index is 0.0709. The number of aliphatic carboxylic acids is 1. The van der Waals surface area contributed by atoms with Gasteiger partial charge in [-0.1, -0.05) is 19.1 Å². The molecule has 1 saturated heterocycles. The maximum atomic E-state index is 12.4. The number of anilines is 3. The van der Waals surface area contributed by atoms with E-state index < -0.39 is 28.1 Å². The average molecular weight is 549 g/mol. The lowest BCUT2D eigenvalue weighted by Gasteiger charge is -2.22. The fourth-order valence-corrected chi connectivity index (χ4v) is 5.19. The highest BCUT2D eigenvalue weighted by Gasteiger charge is 2.24. The quantitative estimate of drug-likeness (QED) is 0.340. The van der Waals surface area contributed by atoms with Gasteiger partial charge >= 0.3 is 12.1 Å². The predicted molar refractivity (Wildman–Crippen MR) is 145 cm³/mol. The third-order valence-corrected chi connectivity index (χ3v) is 7.58. The summed E-state index contributed by atoms with van der Waals surface area (Å²) in [4.78, 5) is 36.6. The molecule has 1 aromatic heterocycles. The van der Waals surface area contributed by atoms with Crippen molar-refractivity contribution in [3.8, 4) is 5.75 Å². The lowest BCUT2D eigenvalue weighted by atomic mass is 10.1. The van der Waals surface area contributed by atoms with Crippen molar-refractivity contribution in [3.05, 3.63) is 36.0 Å². The largest absolute Gasteiger partial charge is 0.480 e. The van der Waals surface area contributed by atoms with Crippen molar-refractivity contribution < 1.29 is 27.9 Å². The molecule has 0 spiro atoms. The summed E-state index contributed by atoms with van der Waals surface area (Å²) in [5.74, 6) is -0.437. The second-order valence-electron chi connectivity index (χ2n) is 8.97. The van der Waals surface area contributed by atoms with Gasteiger partial charge in [0.1, 0.15) is 17.5 Å². The number of ether oxygens (including phenoxy) is 1. The van der Waals surface area contributed by atoms with Crippen molar-refractivity contribution >= 4 is 39.5 Å². The van der Waals surface area contributed by atoms with Crippen LogP contribution in [-0.2, 0) is 21.2 Å². The highest BCUT2D eigenvalue weighted by atomic mass is 32.2. The Hall–Kier alpha value is -3.61. The maximum absolute atomic E-state index is 12.4. The molecule has 1 aliphatic heterocycles. The molecule has 1 atom stereocenters. The molecular formula is C25H36N6O6S. The minimum Gasteiger partial charge on any atom is -0.480 e. The van der Waals surface area contributed by atoms with Crippen LogP contribution in [0.25, 0.3) is 0 Å². The summed E-state index contributed by atoms with van der Waals surface area (Å²) in [7, 11) is -3.66. The first kappa shape index (κ1) is 29.0. The molecule has 0 radical (unpaired) electrons. The lowest BCUT2D eigenvalue weighted by molar-refractivity contribution is -0.137. The van der Waals surface area contributed by atoms with Gasteiger partial charge in [-0.15, -0.1) is 0 Å². The Balaban J connectivity index is 1.80. The number of likely N-dealkylation sites (tertiary alicyclic amines) is 1. The summed E-state index contributed by atoms with van der Waals surface area (Å²) in [5, 5.41) is 12.8. The Kier molecular flexibility index (Phi) is 10.1. The number of aromatic nitrogens is 2. The van der Waals surface area contributed by atoms with Gasteiger partial charge in [-0.25, -0.2) is 23.0 Å². The Labute approximate surface area is 223 Å². The summed E-state index contributed by atoms with van der Waals surface area (Å²) >= 11 is 0. The topological polar surface area (TPSA) is 154 Å². The highest BCUT2D eigenvalue weighted by molar-refractivity contribution is 7.92. The number of carboxylic acids is 1. The summed E-state index contributed by atoms with van der Waals surface area (Å²) in [6, 6.07) is 5.50. The van der Waals surface area contributed by atoms with Crippen LogP contribution in [0.1, 0.15) is 45.6 Å².